The summed E-state index contributed by atoms with van der Waals surface area (Å²) in [6, 6.07) is 2.41. The fourth-order valence-electron chi connectivity index (χ4n) is 3.66. The van der Waals surface area contributed by atoms with Gasteiger partial charge in [-0.25, -0.2) is 12.8 Å². The number of nitrogens with zero attached hydrogens (tertiary/aromatic N) is 2. The number of hydrogen-bond acceptors (Lipinski definition) is 6. The molecule has 0 aromatic carbocycles. The van der Waals surface area contributed by atoms with E-state index in [1.54, 1.807) is 13.1 Å². The number of likely N-dealkylation sites (N-methyl/N-ethyl adjacent to an activating group) is 1. The fraction of sp³-hybridized carbons (Fsp3) is 0.625. The monoisotopic (exact) mass is 401 g/mol. The van der Waals surface area contributed by atoms with Crippen LogP contribution in [0.3, 0.4) is 0 Å². The molecule has 1 aliphatic heterocycles. The first-order chi connectivity index (χ1) is 12.7. The number of rotatable bonds is 5. The molecule has 1 aromatic heterocycles. The van der Waals surface area contributed by atoms with Crippen LogP contribution in [0.4, 0.5) is 10.1 Å². The van der Waals surface area contributed by atoms with Gasteiger partial charge in [0.1, 0.15) is 6.17 Å². The van der Waals surface area contributed by atoms with Gasteiger partial charge in [-0.1, -0.05) is 0 Å². The quantitative estimate of drug-likeness (QED) is 0.594. The molecule has 1 saturated carbocycles. The number of carbonyl (C=O) groups excluding carboxylic acids is 1. The van der Waals surface area contributed by atoms with Gasteiger partial charge in [-0.15, -0.1) is 0 Å². The Morgan fingerprint density at radius 2 is 2.19 bits per heavy atom. The largest absolute Gasteiger partial charge is 0.325 e. The predicted octanol–water partition coefficient (Wildman–Crippen LogP) is -0.821. The lowest BCUT2D eigenvalue weighted by molar-refractivity contribution is -0.116. The first-order valence-electron chi connectivity index (χ1n) is 8.72. The molecule has 1 aliphatic carbocycles. The summed E-state index contributed by atoms with van der Waals surface area (Å²) in [6.07, 6.45) is 0.541. The summed E-state index contributed by atoms with van der Waals surface area (Å²) in [4.78, 5) is 23.8. The second kappa shape index (κ2) is 7.66. The maximum absolute atomic E-state index is 14.0. The third kappa shape index (κ3) is 4.21. The van der Waals surface area contributed by atoms with Gasteiger partial charge in [0, 0.05) is 44.6 Å². The summed E-state index contributed by atoms with van der Waals surface area (Å²) in [5, 5.41) is 1.57. The lowest BCUT2D eigenvalue weighted by Gasteiger charge is -2.36. The van der Waals surface area contributed by atoms with Crippen molar-refractivity contribution >= 4 is 21.6 Å². The Bertz CT molecular complexity index is 874. The van der Waals surface area contributed by atoms with E-state index in [4.69, 9.17) is 0 Å². The molecule has 4 atom stereocenters. The molecule has 1 aromatic rings. The summed E-state index contributed by atoms with van der Waals surface area (Å²) in [7, 11) is -1.00. The van der Waals surface area contributed by atoms with Gasteiger partial charge in [-0.05, 0) is 24.8 Å². The van der Waals surface area contributed by atoms with E-state index in [0.29, 0.717) is 13.0 Å². The number of sulfonamides is 1. The van der Waals surface area contributed by atoms with Crippen LogP contribution >= 0.6 is 0 Å². The Morgan fingerprint density at radius 3 is 2.89 bits per heavy atom. The molecule has 4 unspecified atom stereocenters. The number of nitrogens with one attached hydrogen (secondary N) is 3. The summed E-state index contributed by atoms with van der Waals surface area (Å²) in [6.45, 7) is 0.0973. The van der Waals surface area contributed by atoms with E-state index in [1.165, 1.54) is 23.9 Å². The van der Waals surface area contributed by atoms with E-state index in [-0.39, 0.29) is 29.6 Å². The minimum Gasteiger partial charge on any atom is -0.325 e. The van der Waals surface area contributed by atoms with Gasteiger partial charge in [0.15, 0.2) is 0 Å². The molecule has 0 bridgehead atoms. The number of alkyl halides is 1. The van der Waals surface area contributed by atoms with Crippen molar-refractivity contribution in [2.75, 3.05) is 25.5 Å². The topological polar surface area (TPSA) is 113 Å². The molecule has 1 saturated heterocycles. The molecule has 11 heteroatoms. The zero-order valence-electron chi connectivity index (χ0n) is 15.2. The van der Waals surface area contributed by atoms with Crippen LogP contribution in [0, 0.1) is 5.92 Å². The van der Waals surface area contributed by atoms with Crippen LogP contribution in [0.25, 0.3) is 0 Å². The van der Waals surface area contributed by atoms with E-state index < -0.39 is 33.9 Å². The van der Waals surface area contributed by atoms with Crippen molar-refractivity contribution in [3.8, 4) is 0 Å². The molecule has 1 amide bonds. The number of carbonyl (C=O) groups is 1. The van der Waals surface area contributed by atoms with Gasteiger partial charge < -0.3 is 9.88 Å². The first-order valence-corrected chi connectivity index (χ1v) is 10.2. The van der Waals surface area contributed by atoms with Gasteiger partial charge in [-0.3, -0.25) is 20.4 Å². The van der Waals surface area contributed by atoms with Crippen LogP contribution in [0.15, 0.2) is 23.1 Å². The van der Waals surface area contributed by atoms with Crippen LogP contribution in [0.1, 0.15) is 12.8 Å². The zero-order chi connectivity index (χ0) is 19.8. The number of aryl methyl sites for hydroxylation is 1. The number of hydrazine groups is 1. The highest BCUT2D eigenvalue weighted by Crippen LogP contribution is 2.33. The Balaban J connectivity index is 1.68. The summed E-state index contributed by atoms with van der Waals surface area (Å²) >= 11 is 0. The predicted molar refractivity (Wildman–Crippen MR) is 98.2 cm³/mol. The lowest BCUT2D eigenvalue weighted by Crippen LogP contribution is -2.54. The second-order valence-electron chi connectivity index (χ2n) is 7.13. The molecule has 150 valence electrons. The highest BCUT2D eigenvalue weighted by atomic mass is 32.2. The molecular formula is C16H24FN5O4S. The van der Waals surface area contributed by atoms with Crippen molar-refractivity contribution in [1.29, 1.82) is 0 Å². The van der Waals surface area contributed by atoms with Crippen molar-refractivity contribution in [3.63, 3.8) is 0 Å². The molecule has 2 heterocycles. The minimum atomic E-state index is -3.89. The highest BCUT2D eigenvalue weighted by molar-refractivity contribution is 7.89. The van der Waals surface area contributed by atoms with Gasteiger partial charge in [0.2, 0.25) is 15.9 Å². The summed E-state index contributed by atoms with van der Waals surface area (Å²) in [5.41, 5.74) is 5.83. The van der Waals surface area contributed by atoms with Crippen molar-refractivity contribution in [3.05, 3.63) is 28.7 Å². The van der Waals surface area contributed by atoms with Crippen molar-refractivity contribution < 1.29 is 17.6 Å². The standard InChI is InChI=1S/C16H24FN5O4S/c1-21-4-3-12(7-15(21)24)19-14(23)9-22(2)27(25,26)13-6-11(17)5-10-8-18-20-16(10)13/h3-4,7,10-11,13,16,18,20H,5-6,8-9H2,1-2H3,(H,19,23). The van der Waals surface area contributed by atoms with Crippen molar-refractivity contribution in [2.24, 2.45) is 13.0 Å². The average Bonchev–Trinajstić information content (AvgIpc) is 3.05. The van der Waals surface area contributed by atoms with Crippen LogP contribution in [-0.2, 0) is 21.9 Å². The number of amides is 1. The number of aromatic nitrogens is 1. The lowest BCUT2D eigenvalue weighted by atomic mass is 9.84. The van der Waals surface area contributed by atoms with E-state index in [1.807, 2.05) is 0 Å². The van der Waals surface area contributed by atoms with Gasteiger partial charge >= 0.3 is 0 Å². The number of hydrogen-bond donors (Lipinski definition) is 3. The maximum atomic E-state index is 14.0. The number of anilines is 1. The van der Waals surface area contributed by atoms with Gasteiger partial charge in [0.25, 0.3) is 5.56 Å². The number of pyridine rings is 1. The Labute approximate surface area is 156 Å². The average molecular weight is 401 g/mol. The molecule has 2 fully saturated rings. The highest BCUT2D eigenvalue weighted by Gasteiger charge is 2.48. The van der Waals surface area contributed by atoms with E-state index in [2.05, 4.69) is 16.2 Å². The van der Waals surface area contributed by atoms with E-state index >= 15 is 0 Å². The Morgan fingerprint density at radius 1 is 1.44 bits per heavy atom. The van der Waals surface area contributed by atoms with Crippen molar-refractivity contribution in [2.45, 2.75) is 30.3 Å². The van der Waals surface area contributed by atoms with Crippen LogP contribution in [-0.4, -0.2) is 60.8 Å². The molecule has 3 N–H and O–H groups in total. The van der Waals surface area contributed by atoms with Gasteiger partial charge in [0.05, 0.1) is 11.8 Å². The smallest absolute Gasteiger partial charge is 0.252 e. The number of halogens is 1. The second-order valence-corrected chi connectivity index (χ2v) is 9.39. The van der Waals surface area contributed by atoms with Crippen LogP contribution < -0.4 is 21.7 Å². The summed E-state index contributed by atoms with van der Waals surface area (Å²) < 4.78 is 42.2. The third-order valence-corrected chi connectivity index (χ3v) is 7.41. The Kier molecular flexibility index (Phi) is 5.65. The molecule has 27 heavy (non-hydrogen) atoms. The van der Waals surface area contributed by atoms with E-state index in [9.17, 15) is 22.4 Å². The Hall–Kier alpha value is -1.82. The SMILES string of the molecule is CN(CC(=O)Nc1ccn(C)c(=O)c1)S(=O)(=O)C1CC(F)CC2CNNC21. The minimum absolute atomic E-state index is 0.0983. The number of fused-ring (bicyclic) bond motifs is 1. The molecular weight excluding hydrogens is 377 g/mol. The third-order valence-electron chi connectivity index (χ3n) is 5.16. The van der Waals surface area contributed by atoms with E-state index in [0.717, 1.165) is 4.31 Å². The van der Waals surface area contributed by atoms with Crippen LogP contribution in [0.2, 0.25) is 0 Å². The molecule has 0 radical (unpaired) electrons. The molecule has 0 spiro atoms. The van der Waals surface area contributed by atoms with Crippen molar-refractivity contribution in [1.82, 2.24) is 19.7 Å². The normalized spacial score (nSPS) is 28.1. The maximum Gasteiger partial charge on any atom is 0.252 e. The molecule has 2 aliphatic rings. The van der Waals surface area contributed by atoms with Gasteiger partial charge in [-0.2, -0.15) is 4.31 Å². The zero-order valence-corrected chi connectivity index (χ0v) is 16.0. The molecule has 9 nitrogen and oxygen atoms in total. The first kappa shape index (κ1) is 19.9. The summed E-state index contributed by atoms with van der Waals surface area (Å²) in [5.74, 6) is -0.674. The fourth-order valence-corrected chi connectivity index (χ4v) is 5.53. The van der Waals surface area contributed by atoms with Crippen LogP contribution in [0.5, 0.6) is 0 Å². The molecule has 3 rings (SSSR count).